The highest BCUT2D eigenvalue weighted by Gasteiger charge is 2.08. The SMILES string of the molecule is NC(=O)NCC(=O)NCCNC(=O)CNc1ccccc1C(N)=O. The highest BCUT2D eigenvalue weighted by Crippen LogP contribution is 2.13. The summed E-state index contributed by atoms with van der Waals surface area (Å²) in [5.74, 6) is -1.33. The fraction of sp³-hybridized carbons (Fsp3) is 0.286. The smallest absolute Gasteiger partial charge is 0.312 e. The van der Waals surface area contributed by atoms with E-state index in [4.69, 9.17) is 11.5 Å². The van der Waals surface area contributed by atoms with Crippen molar-refractivity contribution in [1.82, 2.24) is 16.0 Å². The zero-order valence-corrected chi connectivity index (χ0v) is 12.9. The van der Waals surface area contributed by atoms with Crippen molar-refractivity contribution in [3.63, 3.8) is 0 Å². The summed E-state index contributed by atoms with van der Waals surface area (Å²) < 4.78 is 0. The van der Waals surface area contributed by atoms with Crippen LogP contribution in [-0.2, 0) is 9.59 Å². The molecule has 1 aromatic rings. The summed E-state index contributed by atoms with van der Waals surface area (Å²) in [6, 6.07) is 5.78. The minimum absolute atomic E-state index is 0.0541. The van der Waals surface area contributed by atoms with Crippen LogP contribution in [0.4, 0.5) is 10.5 Å². The van der Waals surface area contributed by atoms with Gasteiger partial charge < -0.3 is 32.7 Å². The molecule has 5 amide bonds. The molecule has 0 saturated carbocycles. The van der Waals surface area contributed by atoms with Crippen molar-refractivity contribution >= 4 is 29.4 Å². The summed E-state index contributed by atoms with van der Waals surface area (Å²) >= 11 is 0. The van der Waals surface area contributed by atoms with Crippen LogP contribution in [-0.4, -0.2) is 49.9 Å². The molecule has 0 aliphatic carbocycles. The van der Waals surface area contributed by atoms with Gasteiger partial charge in [0.05, 0.1) is 18.7 Å². The summed E-state index contributed by atoms with van der Waals surface area (Å²) in [5.41, 5.74) is 10.8. The first-order chi connectivity index (χ1) is 11.4. The molecule has 0 atom stereocenters. The normalized spacial score (nSPS) is 9.67. The molecule has 10 nitrogen and oxygen atoms in total. The van der Waals surface area contributed by atoms with Gasteiger partial charge in [0.1, 0.15) is 0 Å². The maximum atomic E-state index is 11.7. The van der Waals surface area contributed by atoms with Crippen LogP contribution in [0.2, 0.25) is 0 Å². The van der Waals surface area contributed by atoms with E-state index in [0.29, 0.717) is 11.3 Å². The first kappa shape index (κ1) is 18.7. The van der Waals surface area contributed by atoms with Gasteiger partial charge in [0.25, 0.3) is 5.91 Å². The number of para-hydroxylation sites is 1. The first-order valence-corrected chi connectivity index (χ1v) is 7.09. The van der Waals surface area contributed by atoms with Crippen molar-refractivity contribution in [2.45, 2.75) is 0 Å². The van der Waals surface area contributed by atoms with E-state index in [2.05, 4.69) is 21.3 Å². The molecule has 0 spiro atoms. The Morgan fingerprint density at radius 2 is 1.42 bits per heavy atom. The Hall–Kier alpha value is -3.30. The summed E-state index contributed by atoms with van der Waals surface area (Å²) in [6.45, 7) is 0.124. The lowest BCUT2D eigenvalue weighted by Crippen LogP contribution is -2.42. The van der Waals surface area contributed by atoms with Gasteiger partial charge in [-0.1, -0.05) is 12.1 Å². The number of amides is 5. The summed E-state index contributed by atoms with van der Waals surface area (Å²) in [6.07, 6.45) is 0. The number of benzene rings is 1. The molecule has 0 fully saturated rings. The average molecular weight is 336 g/mol. The van der Waals surface area contributed by atoms with Crippen LogP contribution < -0.4 is 32.7 Å². The van der Waals surface area contributed by atoms with Crippen LogP contribution in [0.1, 0.15) is 10.4 Å². The van der Waals surface area contributed by atoms with E-state index < -0.39 is 17.8 Å². The van der Waals surface area contributed by atoms with Gasteiger partial charge in [-0.25, -0.2) is 4.79 Å². The zero-order chi connectivity index (χ0) is 17.9. The standard InChI is InChI=1S/C14H20N6O4/c15-13(23)9-3-1-2-4-10(9)19-7-11(21)17-5-6-18-12(22)8-20-14(16)24/h1-4,19H,5-8H2,(H2,15,23)(H,17,21)(H,18,22)(H3,16,20,24). The Morgan fingerprint density at radius 1 is 0.833 bits per heavy atom. The van der Waals surface area contributed by atoms with Crippen molar-refractivity contribution in [3.8, 4) is 0 Å². The monoisotopic (exact) mass is 336 g/mol. The van der Waals surface area contributed by atoms with Gasteiger partial charge in [-0.05, 0) is 12.1 Å². The molecular weight excluding hydrogens is 316 g/mol. The lowest BCUT2D eigenvalue weighted by molar-refractivity contribution is -0.121. The van der Waals surface area contributed by atoms with Gasteiger partial charge in [-0.15, -0.1) is 0 Å². The van der Waals surface area contributed by atoms with Crippen LogP contribution in [0.15, 0.2) is 24.3 Å². The second kappa shape index (κ2) is 9.66. The third kappa shape index (κ3) is 7.11. The number of carbonyl (C=O) groups is 4. The van der Waals surface area contributed by atoms with E-state index in [-0.39, 0.29) is 32.1 Å². The predicted molar refractivity (Wildman–Crippen MR) is 87.1 cm³/mol. The fourth-order valence-corrected chi connectivity index (χ4v) is 1.72. The number of anilines is 1. The number of carbonyl (C=O) groups excluding carboxylic acids is 4. The molecule has 1 rings (SSSR count). The Kier molecular flexibility index (Phi) is 7.55. The average Bonchev–Trinajstić information content (AvgIpc) is 2.55. The van der Waals surface area contributed by atoms with Crippen LogP contribution in [0.25, 0.3) is 0 Å². The second-order valence-corrected chi connectivity index (χ2v) is 4.68. The molecule has 0 unspecified atom stereocenters. The van der Waals surface area contributed by atoms with Gasteiger partial charge in [-0.2, -0.15) is 0 Å². The Balaban J connectivity index is 2.24. The minimum atomic E-state index is -0.791. The molecule has 0 heterocycles. The molecule has 24 heavy (non-hydrogen) atoms. The first-order valence-electron chi connectivity index (χ1n) is 7.09. The van der Waals surface area contributed by atoms with E-state index in [0.717, 1.165) is 0 Å². The number of urea groups is 1. The second-order valence-electron chi connectivity index (χ2n) is 4.68. The maximum absolute atomic E-state index is 11.7. The van der Waals surface area contributed by atoms with Gasteiger partial charge in [0.2, 0.25) is 11.8 Å². The number of hydrogen-bond acceptors (Lipinski definition) is 5. The predicted octanol–water partition coefficient (Wildman–Crippen LogP) is -1.90. The number of hydrogen-bond donors (Lipinski definition) is 6. The lowest BCUT2D eigenvalue weighted by Gasteiger charge is -2.10. The molecule has 0 aromatic heterocycles. The van der Waals surface area contributed by atoms with E-state index in [1.807, 2.05) is 0 Å². The third-order valence-electron chi connectivity index (χ3n) is 2.82. The van der Waals surface area contributed by atoms with Gasteiger partial charge in [0.15, 0.2) is 0 Å². The molecule has 0 aliphatic rings. The van der Waals surface area contributed by atoms with Gasteiger partial charge in [-0.3, -0.25) is 14.4 Å². The van der Waals surface area contributed by atoms with Crippen LogP contribution in [0.5, 0.6) is 0 Å². The topological polar surface area (TPSA) is 168 Å². The third-order valence-corrected chi connectivity index (χ3v) is 2.82. The summed E-state index contributed by atoms with van der Waals surface area (Å²) in [5, 5.41) is 10.0. The molecule has 0 radical (unpaired) electrons. The van der Waals surface area contributed by atoms with Crippen LogP contribution >= 0.6 is 0 Å². The van der Waals surface area contributed by atoms with Crippen LogP contribution in [0.3, 0.4) is 0 Å². The van der Waals surface area contributed by atoms with Crippen molar-refractivity contribution < 1.29 is 19.2 Å². The molecule has 0 bridgehead atoms. The van der Waals surface area contributed by atoms with Gasteiger partial charge in [0, 0.05) is 18.8 Å². The Bertz CT molecular complexity index is 619. The number of nitrogens with one attached hydrogen (secondary N) is 4. The molecule has 8 N–H and O–H groups in total. The molecule has 130 valence electrons. The Morgan fingerprint density at radius 3 is 2.00 bits per heavy atom. The van der Waals surface area contributed by atoms with Crippen molar-refractivity contribution in [2.24, 2.45) is 11.5 Å². The minimum Gasteiger partial charge on any atom is -0.376 e. The van der Waals surface area contributed by atoms with Gasteiger partial charge >= 0.3 is 6.03 Å². The molecule has 0 aliphatic heterocycles. The number of rotatable bonds is 9. The van der Waals surface area contributed by atoms with Crippen molar-refractivity contribution in [2.75, 3.05) is 31.5 Å². The summed E-state index contributed by atoms with van der Waals surface area (Å²) in [4.78, 5) is 44.6. The maximum Gasteiger partial charge on any atom is 0.312 e. The summed E-state index contributed by atoms with van der Waals surface area (Å²) in [7, 11) is 0. The van der Waals surface area contributed by atoms with E-state index >= 15 is 0 Å². The number of nitrogens with two attached hydrogens (primary N) is 2. The van der Waals surface area contributed by atoms with E-state index in [1.165, 1.54) is 0 Å². The van der Waals surface area contributed by atoms with Crippen LogP contribution in [0, 0.1) is 0 Å². The number of primary amides is 2. The Labute approximate surface area is 138 Å². The fourth-order valence-electron chi connectivity index (χ4n) is 1.72. The van der Waals surface area contributed by atoms with Crippen molar-refractivity contribution in [3.05, 3.63) is 29.8 Å². The molecular formula is C14H20N6O4. The molecule has 10 heteroatoms. The highest BCUT2D eigenvalue weighted by molar-refractivity contribution is 5.99. The zero-order valence-electron chi connectivity index (χ0n) is 12.9. The lowest BCUT2D eigenvalue weighted by atomic mass is 10.1. The quantitative estimate of drug-likeness (QED) is 0.289. The molecule has 1 aromatic carbocycles. The largest absolute Gasteiger partial charge is 0.376 e. The van der Waals surface area contributed by atoms with E-state index in [9.17, 15) is 19.2 Å². The molecule has 0 saturated heterocycles. The van der Waals surface area contributed by atoms with E-state index in [1.54, 1.807) is 24.3 Å². The highest BCUT2D eigenvalue weighted by atomic mass is 16.2. The van der Waals surface area contributed by atoms with Crippen molar-refractivity contribution in [1.29, 1.82) is 0 Å².